The highest BCUT2D eigenvalue weighted by atomic mass is 16.8. The van der Waals surface area contributed by atoms with Crippen LogP contribution >= 0.6 is 0 Å². The second kappa shape index (κ2) is 1.95. The van der Waals surface area contributed by atoms with Gasteiger partial charge in [-0.25, -0.2) is 0 Å². The van der Waals surface area contributed by atoms with Crippen LogP contribution in [0.3, 0.4) is 0 Å². The monoisotopic (exact) mass is 150 g/mol. The third-order valence-corrected chi connectivity index (χ3v) is 1.54. The van der Waals surface area contributed by atoms with E-state index in [-0.39, 0.29) is 0 Å². The summed E-state index contributed by atoms with van der Waals surface area (Å²) in [6.45, 7) is 1.93. The van der Waals surface area contributed by atoms with Crippen LogP contribution in [0.15, 0.2) is 22.8 Å². The number of nitrogens with zero attached hydrogens (tertiary/aromatic N) is 2. The van der Waals surface area contributed by atoms with Crippen LogP contribution < -0.4 is 4.90 Å². The largest absolute Gasteiger partial charge is 0.359 e. The number of aromatic nitrogens is 2. The molecule has 2 aromatic rings. The minimum Gasteiger partial charge on any atom is -0.359 e. The summed E-state index contributed by atoms with van der Waals surface area (Å²) in [5.74, 6) is 0. The number of hydrogen-bond donors (Lipinski definition) is 0. The smallest absolute Gasteiger partial charge is 0.248 e. The first-order valence-electron chi connectivity index (χ1n) is 3.23. The van der Waals surface area contributed by atoms with Gasteiger partial charge in [-0.3, -0.25) is 4.63 Å². The summed E-state index contributed by atoms with van der Waals surface area (Å²) in [7, 11) is 0. The molecule has 0 radical (unpaired) electrons. The van der Waals surface area contributed by atoms with E-state index in [9.17, 15) is 5.21 Å². The van der Waals surface area contributed by atoms with E-state index in [1.807, 2.05) is 13.0 Å². The lowest BCUT2D eigenvalue weighted by molar-refractivity contribution is -0.782. The molecule has 4 nitrogen and oxygen atoms in total. The fourth-order valence-electron chi connectivity index (χ4n) is 0.986. The van der Waals surface area contributed by atoms with Crippen molar-refractivity contribution >= 4 is 11.0 Å². The first-order chi connectivity index (χ1) is 5.27. The van der Waals surface area contributed by atoms with E-state index >= 15 is 0 Å². The molecule has 1 aromatic carbocycles. The van der Waals surface area contributed by atoms with Gasteiger partial charge < -0.3 is 5.21 Å². The molecular weight excluding hydrogens is 144 g/mol. The molecule has 1 heterocycles. The Hall–Kier alpha value is -1.58. The van der Waals surface area contributed by atoms with Gasteiger partial charge in [0, 0.05) is 5.16 Å². The minimum atomic E-state index is 0.398. The molecule has 1 aromatic heterocycles. The molecule has 56 valence electrons. The molecule has 0 aliphatic heterocycles. The standard InChI is InChI=1S/C7H6N2O2/c1-5-2-3-7-6(4-5)8-11-9(7)10/h2-4H,1H3. The van der Waals surface area contributed by atoms with Gasteiger partial charge in [-0.2, -0.15) is 0 Å². The molecule has 4 heteroatoms. The zero-order chi connectivity index (χ0) is 7.84. The van der Waals surface area contributed by atoms with Gasteiger partial charge in [0.05, 0.1) is 0 Å². The first-order valence-corrected chi connectivity index (χ1v) is 3.23. The second-order valence-corrected chi connectivity index (χ2v) is 2.42. The summed E-state index contributed by atoms with van der Waals surface area (Å²) >= 11 is 0. The van der Waals surface area contributed by atoms with Crippen LogP contribution in [0.5, 0.6) is 0 Å². The Morgan fingerprint density at radius 2 is 2.36 bits per heavy atom. The average molecular weight is 150 g/mol. The Morgan fingerprint density at radius 3 is 3.18 bits per heavy atom. The Labute approximate surface area is 62.6 Å². The molecule has 0 N–H and O–H groups in total. The molecule has 0 saturated heterocycles. The number of aryl methyl sites for hydroxylation is 1. The summed E-state index contributed by atoms with van der Waals surface area (Å²) < 4.78 is 4.38. The molecule has 2 rings (SSSR count). The van der Waals surface area contributed by atoms with Crippen molar-refractivity contribution in [3.8, 4) is 0 Å². The number of benzene rings is 1. The number of fused-ring (bicyclic) bond motifs is 1. The lowest BCUT2D eigenvalue weighted by Crippen LogP contribution is -2.22. The third-order valence-electron chi connectivity index (χ3n) is 1.54. The van der Waals surface area contributed by atoms with E-state index in [4.69, 9.17) is 0 Å². The van der Waals surface area contributed by atoms with E-state index in [0.29, 0.717) is 15.9 Å². The first kappa shape index (κ1) is 6.15. The fraction of sp³-hybridized carbons (Fsp3) is 0.143. The number of rotatable bonds is 0. The predicted octanol–water partition coefficient (Wildman–Crippen LogP) is 0.770. The maximum absolute atomic E-state index is 10.8. The molecular formula is C7H6N2O2. The quantitative estimate of drug-likeness (QED) is 0.521. The van der Waals surface area contributed by atoms with Gasteiger partial charge in [-0.05, 0) is 29.5 Å². The van der Waals surface area contributed by atoms with Crippen molar-refractivity contribution < 1.29 is 9.53 Å². The minimum absolute atomic E-state index is 0.398. The molecule has 0 aliphatic rings. The summed E-state index contributed by atoms with van der Waals surface area (Å²) in [6.07, 6.45) is 0. The highest BCUT2D eigenvalue weighted by molar-refractivity contribution is 5.70. The zero-order valence-corrected chi connectivity index (χ0v) is 5.94. The molecule has 0 fully saturated rings. The van der Waals surface area contributed by atoms with Gasteiger partial charge in [0.1, 0.15) is 0 Å². The average Bonchev–Trinajstić information content (AvgIpc) is 2.32. The third kappa shape index (κ3) is 0.832. The van der Waals surface area contributed by atoms with Crippen molar-refractivity contribution in [2.24, 2.45) is 0 Å². The lowest BCUT2D eigenvalue weighted by Gasteiger charge is -1.86. The SMILES string of the molecule is Cc1ccc2c(c1)no[n+]2[O-]. The van der Waals surface area contributed by atoms with Gasteiger partial charge in [0.25, 0.3) is 0 Å². The van der Waals surface area contributed by atoms with Gasteiger partial charge in [0.2, 0.25) is 11.0 Å². The Bertz CT molecular complexity index is 394. The van der Waals surface area contributed by atoms with Crippen molar-refractivity contribution in [1.82, 2.24) is 5.16 Å². The van der Waals surface area contributed by atoms with E-state index in [1.165, 1.54) is 0 Å². The zero-order valence-electron chi connectivity index (χ0n) is 5.94. The normalized spacial score (nSPS) is 10.6. The van der Waals surface area contributed by atoms with Gasteiger partial charge in [0.15, 0.2) is 0 Å². The van der Waals surface area contributed by atoms with Crippen LogP contribution in [0.4, 0.5) is 0 Å². The molecule has 0 aliphatic carbocycles. The highest BCUT2D eigenvalue weighted by Gasteiger charge is 2.06. The summed E-state index contributed by atoms with van der Waals surface area (Å²) in [6, 6.07) is 5.33. The molecule has 0 spiro atoms. The summed E-state index contributed by atoms with van der Waals surface area (Å²) in [4.78, 5) is 0.398. The van der Waals surface area contributed by atoms with Crippen molar-refractivity contribution in [3.63, 3.8) is 0 Å². The second-order valence-electron chi connectivity index (χ2n) is 2.42. The Morgan fingerprint density at radius 1 is 1.55 bits per heavy atom. The van der Waals surface area contributed by atoms with Crippen LogP contribution in [-0.2, 0) is 0 Å². The molecule has 0 atom stereocenters. The van der Waals surface area contributed by atoms with Crippen molar-refractivity contribution in [3.05, 3.63) is 29.0 Å². The van der Waals surface area contributed by atoms with Gasteiger partial charge in [-0.1, -0.05) is 6.07 Å². The molecule has 0 unspecified atom stereocenters. The van der Waals surface area contributed by atoms with E-state index in [0.717, 1.165) is 5.56 Å². The molecule has 11 heavy (non-hydrogen) atoms. The Kier molecular flexibility index (Phi) is 1.09. The Balaban J connectivity index is 2.86. The lowest BCUT2D eigenvalue weighted by atomic mass is 10.2. The predicted molar refractivity (Wildman–Crippen MR) is 37.7 cm³/mol. The maximum atomic E-state index is 10.8. The van der Waals surface area contributed by atoms with Crippen LogP contribution in [0.1, 0.15) is 5.56 Å². The van der Waals surface area contributed by atoms with Crippen LogP contribution in [0.2, 0.25) is 0 Å². The van der Waals surface area contributed by atoms with Crippen molar-refractivity contribution in [1.29, 1.82) is 0 Å². The molecule has 0 amide bonds. The van der Waals surface area contributed by atoms with E-state index in [1.54, 1.807) is 12.1 Å². The van der Waals surface area contributed by atoms with Crippen LogP contribution in [0, 0.1) is 12.1 Å². The van der Waals surface area contributed by atoms with Crippen LogP contribution in [-0.4, -0.2) is 5.16 Å². The molecule has 0 saturated carbocycles. The summed E-state index contributed by atoms with van der Waals surface area (Å²) in [5.41, 5.74) is 2.13. The molecule has 0 bridgehead atoms. The fourth-order valence-corrected chi connectivity index (χ4v) is 0.986. The number of hydrogen-bond acceptors (Lipinski definition) is 3. The topological polar surface area (TPSA) is 53.0 Å². The van der Waals surface area contributed by atoms with E-state index in [2.05, 4.69) is 9.79 Å². The van der Waals surface area contributed by atoms with Crippen molar-refractivity contribution in [2.75, 3.05) is 0 Å². The van der Waals surface area contributed by atoms with E-state index < -0.39 is 0 Å². The highest BCUT2D eigenvalue weighted by Crippen LogP contribution is 2.08. The van der Waals surface area contributed by atoms with Gasteiger partial charge in [-0.15, -0.1) is 0 Å². The maximum Gasteiger partial charge on any atom is 0.248 e. The van der Waals surface area contributed by atoms with Crippen LogP contribution in [0.25, 0.3) is 11.0 Å². The summed E-state index contributed by atoms with van der Waals surface area (Å²) in [5, 5.41) is 14.3. The van der Waals surface area contributed by atoms with Crippen molar-refractivity contribution in [2.45, 2.75) is 6.92 Å². The van der Waals surface area contributed by atoms with Gasteiger partial charge >= 0.3 is 0 Å².